The Labute approximate surface area is 114 Å². The third-order valence-corrected chi connectivity index (χ3v) is 4.48. The summed E-state index contributed by atoms with van der Waals surface area (Å²) in [7, 11) is 0. The van der Waals surface area contributed by atoms with Crippen molar-refractivity contribution in [3.05, 3.63) is 34.7 Å². The molecule has 0 aliphatic rings. The van der Waals surface area contributed by atoms with Crippen LogP contribution in [0.2, 0.25) is 0 Å². The average molecular weight is 279 g/mol. The number of benzene rings is 1. The van der Waals surface area contributed by atoms with Gasteiger partial charge < -0.3 is 5.11 Å². The number of carboxylic acids is 1. The van der Waals surface area contributed by atoms with Crippen LogP contribution in [0.15, 0.2) is 27.9 Å². The number of thiazole rings is 1. The predicted molar refractivity (Wildman–Crippen MR) is 75.4 cm³/mol. The molecule has 1 aromatic heterocycles. The first kappa shape index (κ1) is 13.1. The Morgan fingerprint density at radius 2 is 2.22 bits per heavy atom. The van der Waals surface area contributed by atoms with Gasteiger partial charge in [-0.25, -0.2) is 4.98 Å². The molecule has 5 heteroatoms. The fourth-order valence-corrected chi connectivity index (χ4v) is 3.13. The van der Waals surface area contributed by atoms with Crippen LogP contribution in [0.25, 0.3) is 11.3 Å². The van der Waals surface area contributed by atoms with E-state index >= 15 is 0 Å². The second kappa shape index (κ2) is 5.54. The molecule has 0 atom stereocenters. The van der Waals surface area contributed by atoms with Crippen LogP contribution in [0.5, 0.6) is 0 Å². The average Bonchev–Trinajstić information content (AvgIpc) is 2.78. The highest BCUT2D eigenvalue weighted by molar-refractivity contribution is 8.01. The summed E-state index contributed by atoms with van der Waals surface area (Å²) in [6.07, 6.45) is 0. The van der Waals surface area contributed by atoms with Crippen molar-refractivity contribution in [1.82, 2.24) is 4.98 Å². The van der Waals surface area contributed by atoms with E-state index in [1.807, 2.05) is 5.38 Å². The maximum absolute atomic E-state index is 10.5. The van der Waals surface area contributed by atoms with Gasteiger partial charge in [0.05, 0.1) is 11.4 Å². The van der Waals surface area contributed by atoms with Gasteiger partial charge in [-0.1, -0.05) is 29.5 Å². The van der Waals surface area contributed by atoms with Crippen LogP contribution in [0.4, 0.5) is 0 Å². The zero-order chi connectivity index (χ0) is 13.1. The molecule has 0 aliphatic heterocycles. The van der Waals surface area contributed by atoms with Crippen molar-refractivity contribution in [3.63, 3.8) is 0 Å². The molecule has 0 saturated carbocycles. The van der Waals surface area contributed by atoms with E-state index < -0.39 is 5.97 Å². The zero-order valence-corrected chi connectivity index (χ0v) is 11.8. The third-order valence-electron chi connectivity index (χ3n) is 2.47. The maximum Gasteiger partial charge on any atom is 0.313 e. The van der Waals surface area contributed by atoms with E-state index in [2.05, 4.69) is 37.0 Å². The summed E-state index contributed by atoms with van der Waals surface area (Å²) in [5, 5.41) is 10.6. The van der Waals surface area contributed by atoms with Gasteiger partial charge in [0, 0.05) is 10.9 Å². The lowest BCUT2D eigenvalue weighted by atomic mass is 10.0. The fourth-order valence-electron chi connectivity index (χ4n) is 1.58. The van der Waals surface area contributed by atoms with Crippen molar-refractivity contribution in [1.29, 1.82) is 0 Å². The molecule has 3 nitrogen and oxygen atoms in total. The molecule has 0 saturated heterocycles. The van der Waals surface area contributed by atoms with E-state index in [-0.39, 0.29) is 5.75 Å². The molecule has 0 fully saturated rings. The monoisotopic (exact) mass is 279 g/mol. The zero-order valence-electron chi connectivity index (χ0n) is 10.1. The van der Waals surface area contributed by atoms with Crippen molar-refractivity contribution in [2.45, 2.75) is 18.2 Å². The normalized spacial score (nSPS) is 10.6. The Morgan fingerprint density at radius 1 is 1.44 bits per heavy atom. The molecule has 0 bridgehead atoms. The molecule has 0 amide bonds. The van der Waals surface area contributed by atoms with Gasteiger partial charge in [-0.15, -0.1) is 11.3 Å². The van der Waals surface area contributed by atoms with E-state index in [1.54, 1.807) is 0 Å². The van der Waals surface area contributed by atoms with Crippen molar-refractivity contribution >= 4 is 29.1 Å². The van der Waals surface area contributed by atoms with Gasteiger partial charge >= 0.3 is 5.97 Å². The van der Waals surface area contributed by atoms with Crippen molar-refractivity contribution in [2.24, 2.45) is 0 Å². The summed E-state index contributed by atoms with van der Waals surface area (Å²) >= 11 is 2.75. The molecule has 1 heterocycles. The van der Waals surface area contributed by atoms with Gasteiger partial charge in [-0.3, -0.25) is 4.79 Å². The number of nitrogens with zero attached hydrogens (tertiary/aromatic N) is 1. The standard InChI is InChI=1S/C13H13NO2S2/c1-8-3-4-9(2)10(5-8)11-6-17-13(14-11)18-7-12(15)16/h3-6H,7H2,1-2H3,(H,15,16). The first-order chi connectivity index (χ1) is 8.56. The molecule has 0 spiro atoms. The predicted octanol–water partition coefficient (Wildman–Crippen LogP) is 3.60. The number of hydrogen-bond donors (Lipinski definition) is 1. The Hall–Kier alpha value is -1.33. The van der Waals surface area contributed by atoms with Crippen LogP contribution in [0, 0.1) is 13.8 Å². The topological polar surface area (TPSA) is 50.2 Å². The van der Waals surface area contributed by atoms with E-state index in [0.717, 1.165) is 15.6 Å². The van der Waals surface area contributed by atoms with E-state index in [1.165, 1.54) is 34.2 Å². The molecule has 1 aromatic carbocycles. The summed E-state index contributed by atoms with van der Waals surface area (Å²) in [5.74, 6) is -0.761. The fraction of sp³-hybridized carbons (Fsp3) is 0.231. The van der Waals surface area contributed by atoms with E-state index in [0.29, 0.717) is 0 Å². The van der Waals surface area contributed by atoms with Crippen LogP contribution in [-0.2, 0) is 4.79 Å². The molecule has 0 aliphatic carbocycles. The lowest BCUT2D eigenvalue weighted by Gasteiger charge is -2.03. The quantitative estimate of drug-likeness (QED) is 0.869. The Bertz CT molecular complexity index is 578. The second-order valence-corrected chi connectivity index (χ2v) is 6.08. The highest BCUT2D eigenvalue weighted by Gasteiger charge is 2.09. The van der Waals surface area contributed by atoms with Gasteiger partial charge in [-0.05, 0) is 25.5 Å². The van der Waals surface area contributed by atoms with E-state index in [9.17, 15) is 4.79 Å². The molecule has 2 aromatic rings. The maximum atomic E-state index is 10.5. The number of rotatable bonds is 4. The lowest BCUT2D eigenvalue weighted by molar-refractivity contribution is -0.133. The first-order valence-corrected chi connectivity index (χ1v) is 7.30. The number of aryl methyl sites for hydroxylation is 2. The second-order valence-electron chi connectivity index (χ2n) is 4.00. The number of aromatic nitrogens is 1. The van der Waals surface area contributed by atoms with Crippen LogP contribution in [-0.4, -0.2) is 21.8 Å². The van der Waals surface area contributed by atoms with Crippen LogP contribution in [0.1, 0.15) is 11.1 Å². The van der Waals surface area contributed by atoms with Crippen LogP contribution < -0.4 is 0 Å². The van der Waals surface area contributed by atoms with Crippen molar-refractivity contribution in [3.8, 4) is 11.3 Å². The van der Waals surface area contributed by atoms with E-state index in [4.69, 9.17) is 5.11 Å². The minimum Gasteiger partial charge on any atom is -0.481 e. The summed E-state index contributed by atoms with van der Waals surface area (Å²) in [6, 6.07) is 6.26. The summed E-state index contributed by atoms with van der Waals surface area (Å²) in [6.45, 7) is 4.10. The Morgan fingerprint density at radius 3 is 2.94 bits per heavy atom. The molecule has 94 valence electrons. The van der Waals surface area contributed by atoms with Gasteiger partial charge in [-0.2, -0.15) is 0 Å². The molecule has 18 heavy (non-hydrogen) atoms. The minimum atomic E-state index is -0.816. The molecule has 2 rings (SSSR count). The minimum absolute atomic E-state index is 0.0553. The molecular weight excluding hydrogens is 266 g/mol. The van der Waals surface area contributed by atoms with Gasteiger partial charge in [0.1, 0.15) is 0 Å². The highest BCUT2D eigenvalue weighted by atomic mass is 32.2. The van der Waals surface area contributed by atoms with Crippen molar-refractivity contribution < 1.29 is 9.90 Å². The number of hydrogen-bond acceptors (Lipinski definition) is 4. The summed E-state index contributed by atoms with van der Waals surface area (Å²) in [4.78, 5) is 15.0. The SMILES string of the molecule is Cc1ccc(C)c(-c2csc(SCC(=O)O)n2)c1. The third kappa shape index (κ3) is 3.11. The largest absolute Gasteiger partial charge is 0.481 e. The Balaban J connectivity index is 2.23. The van der Waals surface area contributed by atoms with Gasteiger partial charge in [0.2, 0.25) is 0 Å². The molecule has 0 radical (unpaired) electrons. The lowest BCUT2D eigenvalue weighted by Crippen LogP contribution is -1.97. The number of carbonyl (C=O) groups is 1. The summed E-state index contributed by atoms with van der Waals surface area (Å²) < 4.78 is 0.799. The van der Waals surface area contributed by atoms with Crippen LogP contribution >= 0.6 is 23.1 Å². The smallest absolute Gasteiger partial charge is 0.313 e. The Kier molecular flexibility index (Phi) is 4.04. The van der Waals surface area contributed by atoms with Crippen molar-refractivity contribution in [2.75, 3.05) is 5.75 Å². The van der Waals surface area contributed by atoms with Crippen LogP contribution in [0.3, 0.4) is 0 Å². The van der Waals surface area contributed by atoms with Gasteiger partial charge in [0.15, 0.2) is 4.34 Å². The number of thioether (sulfide) groups is 1. The first-order valence-electron chi connectivity index (χ1n) is 5.44. The molecular formula is C13H13NO2S2. The summed E-state index contributed by atoms with van der Waals surface area (Å²) in [5.41, 5.74) is 4.42. The van der Waals surface area contributed by atoms with Gasteiger partial charge in [0.25, 0.3) is 0 Å². The number of carboxylic acid groups (broad SMARTS) is 1. The number of aliphatic carboxylic acids is 1. The molecule has 1 N–H and O–H groups in total. The molecule has 0 unspecified atom stereocenters. The highest BCUT2D eigenvalue weighted by Crippen LogP contribution is 2.30.